The van der Waals surface area contributed by atoms with Crippen molar-refractivity contribution in [2.24, 2.45) is 104 Å². The summed E-state index contributed by atoms with van der Waals surface area (Å²) in [4.78, 5) is 0. The predicted octanol–water partition coefficient (Wildman–Crippen LogP) is 32.1. The Kier molecular flexibility index (Phi) is 72.2. The summed E-state index contributed by atoms with van der Waals surface area (Å²) in [7, 11) is 0. The number of rotatable bonds is 14. The zero-order valence-corrected chi connectivity index (χ0v) is 68.1. The van der Waals surface area contributed by atoms with Crippen LogP contribution in [0.2, 0.25) is 0 Å². The Bertz CT molecular complexity index is 1100. The Morgan fingerprint density at radius 1 is 0.357 bits per heavy atom. The molecule has 4 rings (SSSR count). The van der Waals surface area contributed by atoms with Crippen LogP contribution in [0.1, 0.15) is 443 Å². The number of hydrogen-bond acceptors (Lipinski definition) is 0. The molecule has 0 heterocycles. The maximum Gasteiger partial charge on any atom is -0.0354 e. The standard InChI is InChI=1S/4C7H14.8C7H16/c1-6-3-4-7(2)5-6;1-7(2)5-3-4-6-7;1-6-4-3-5-7(6)2;1-7-5-3-2-4-6-7;2*1-6(2)7(3,4)5;2*1-5-7(3,4)6-2;2*1-5-7(4)6(2)3;1-4-6-7(3)5-2;1-4-7(5-2)6-3/h6-7H,3-5H2,1-2H3;3-6H2,1-2H3;6-7H,3-5H2,1-2H3;7H,2-6H2,1H3;2*6H,1-5H3;2*5-6H2,1-4H3;2*6-7H,5H2,1-4H3;2*7H,4-6H2,1-3H3/t6-,7?;;6-,7?;;;;;;;;;/m1.1........./s1. The van der Waals surface area contributed by atoms with Crippen LogP contribution in [-0.4, -0.2) is 0 Å². The van der Waals surface area contributed by atoms with Crippen molar-refractivity contribution in [2.45, 2.75) is 443 Å². The highest BCUT2D eigenvalue weighted by Crippen LogP contribution is 2.36. The van der Waals surface area contributed by atoms with Crippen LogP contribution < -0.4 is 0 Å². The van der Waals surface area contributed by atoms with Gasteiger partial charge in [0.05, 0.1) is 0 Å². The fourth-order valence-corrected chi connectivity index (χ4v) is 8.47. The first kappa shape index (κ1) is 100. The molecule has 0 amide bonds. The minimum atomic E-state index is 0.500. The van der Waals surface area contributed by atoms with E-state index in [-0.39, 0.29) is 0 Å². The van der Waals surface area contributed by atoms with E-state index >= 15 is 0 Å². The molecule has 0 nitrogen and oxygen atoms in total. The van der Waals surface area contributed by atoms with Crippen LogP contribution in [0.5, 0.6) is 0 Å². The summed E-state index contributed by atoms with van der Waals surface area (Å²) in [5.74, 6) is 12.2. The van der Waals surface area contributed by atoms with Crippen LogP contribution in [0.3, 0.4) is 0 Å². The SMILES string of the molecule is CC(C)C(C)(C)C.CC(C)C(C)(C)C.CC1(C)CCCC1.CC1CCCCC1.CC1CCC[C@H]1C.CC1CC[C@@H](C)C1.CCC(C)(C)CC.CCC(C)(C)CC.CCC(C)C(C)C.CCC(C)C(C)C.CCC(CC)CC.CCCC(C)CC. The van der Waals surface area contributed by atoms with Crippen LogP contribution in [-0.2, 0) is 0 Å². The van der Waals surface area contributed by atoms with E-state index < -0.39 is 0 Å². The minimum Gasteiger partial charge on any atom is -0.0654 e. The molecule has 0 aliphatic heterocycles. The van der Waals surface area contributed by atoms with Gasteiger partial charge in [-0.05, 0) is 123 Å². The average molecular weight is 1190 g/mol. The van der Waals surface area contributed by atoms with Crippen LogP contribution in [0.25, 0.3) is 0 Å². The molecule has 7 atom stereocenters. The van der Waals surface area contributed by atoms with Crippen molar-refractivity contribution in [2.75, 3.05) is 0 Å². The molecule has 4 saturated carbocycles. The van der Waals surface area contributed by atoms with Gasteiger partial charge in [0, 0.05) is 0 Å². The second-order valence-corrected chi connectivity index (χ2v) is 34.5. The molecule has 84 heavy (non-hydrogen) atoms. The minimum absolute atomic E-state index is 0.500. The molecule has 520 valence electrons. The topological polar surface area (TPSA) is 0 Å². The van der Waals surface area contributed by atoms with Crippen molar-refractivity contribution in [1.29, 1.82) is 0 Å². The summed E-state index contributed by atoms with van der Waals surface area (Å²) < 4.78 is 0. The summed E-state index contributed by atoms with van der Waals surface area (Å²) in [6.07, 6.45) is 38.1. The third kappa shape index (κ3) is 78.1. The van der Waals surface area contributed by atoms with Crippen molar-refractivity contribution in [3.63, 3.8) is 0 Å². The van der Waals surface area contributed by atoms with Gasteiger partial charge in [-0.2, -0.15) is 0 Å². The van der Waals surface area contributed by atoms with Crippen molar-refractivity contribution < 1.29 is 0 Å². The molecular weight excluding hydrogens is 1010 g/mol. The van der Waals surface area contributed by atoms with Gasteiger partial charge >= 0.3 is 0 Å². The molecule has 4 aliphatic rings. The Hall–Kier alpha value is 0. The van der Waals surface area contributed by atoms with E-state index in [1.807, 2.05) is 0 Å². The molecule has 0 aromatic rings. The summed E-state index contributed by atoms with van der Waals surface area (Å²) in [6.45, 7) is 89.0. The Morgan fingerprint density at radius 2 is 0.655 bits per heavy atom. The van der Waals surface area contributed by atoms with Gasteiger partial charge in [0.15, 0.2) is 0 Å². The maximum absolute atomic E-state index is 2.36. The lowest BCUT2D eigenvalue weighted by Crippen LogP contribution is -2.12. The molecule has 4 aliphatic carbocycles. The number of hydrogen-bond donors (Lipinski definition) is 0. The van der Waals surface area contributed by atoms with Crippen molar-refractivity contribution in [1.82, 2.24) is 0 Å². The van der Waals surface area contributed by atoms with Gasteiger partial charge in [0.25, 0.3) is 0 Å². The summed E-state index contributed by atoms with van der Waals surface area (Å²) in [5.41, 5.74) is 2.86. The van der Waals surface area contributed by atoms with Gasteiger partial charge in [-0.25, -0.2) is 0 Å². The molecule has 0 saturated heterocycles. The lowest BCUT2D eigenvalue weighted by molar-refractivity contribution is 0.283. The van der Waals surface area contributed by atoms with E-state index in [9.17, 15) is 0 Å². The lowest BCUT2D eigenvalue weighted by Gasteiger charge is -2.22. The van der Waals surface area contributed by atoms with Crippen LogP contribution in [0, 0.1) is 104 Å². The zero-order valence-electron chi connectivity index (χ0n) is 68.1. The molecule has 0 radical (unpaired) electrons. The van der Waals surface area contributed by atoms with Gasteiger partial charge in [0.2, 0.25) is 0 Å². The lowest BCUT2D eigenvalue weighted by atomic mass is 9.84. The normalized spacial score (nSPS) is 20.1. The monoisotopic (exact) mass is 1190 g/mol. The summed E-state index contributed by atoms with van der Waals surface area (Å²) >= 11 is 0. The van der Waals surface area contributed by atoms with Crippen molar-refractivity contribution >= 4 is 0 Å². The first-order valence-corrected chi connectivity index (χ1v) is 38.3. The quantitative estimate of drug-likeness (QED) is 0.163. The molecule has 0 heteroatoms. The van der Waals surface area contributed by atoms with Crippen LogP contribution >= 0.6 is 0 Å². The van der Waals surface area contributed by atoms with E-state index in [4.69, 9.17) is 0 Å². The summed E-state index contributed by atoms with van der Waals surface area (Å²) in [5, 5.41) is 0. The highest BCUT2D eigenvalue weighted by molar-refractivity contribution is 4.75. The van der Waals surface area contributed by atoms with Crippen LogP contribution in [0.15, 0.2) is 0 Å². The highest BCUT2D eigenvalue weighted by Gasteiger charge is 2.22. The van der Waals surface area contributed by atoms with Crippen LogP contribution in [0.4, 0.5) is 0 Å². The smallest absolute Gasteiger partial charge is 0.0354 e. The predicted molar refractivity (Wildman–Crippen MR) is 403 cm³/mol. The van der Waals surface area contributed by atoms with E-state index in [0.29, 0.717) is 27.1 Å². The first-order valence-electron chi connectivity index (χ1n) is 38.3. The van der Waals surface area contributed by atoms with E-state index in [2.05, 4.69) is 270 Å². The van der Waals surface area contributed by atoms with E-state index in [1.54, 1.807) is 0 Å². The Labute approximate surface area is 544 Å². The third-order valence-corrected chi connectivity index (χ3v) is 22.2. The first-order chi connectivity index (χ1) is 38.3. The van der Waals surface area contributed by atoms with Gasteiger partial charge < -0.3 is 0 Å². The molecule has 4 fully saturated rings. The highest BCUT2D eigenvalue weighted by atomic mass is 14.3. The van der Waals surface area contributed by atoms with Gasteiger partial charge in [0.1, 0.15) is 0 Å². The zero-order chi connectivity index (χ0) is 68.1. The average Bonchev–Trinajstić information content (AvgIpc) is 4.15. The van der Waals surface area contributed by atoms with Gasteiger partial charge in [-0.15, -0.1) is 0 Å². The largest absolute Gasteiger partial charge is 0.0654 e. The Morgan fingerprint density at radius 3 is 0.726 bits per heavy atom. The fourth-order valence-electron chi connectivity index (χ4n) is 8.47. The second-order valence-electron chi connectivity index (χ2n) is 34.5. The molecule has 5 unspecified atom stereocenters. The van der Waals surface area contributed by atoms with Crippen molar-refractivity contribution in [3.05, 3.63) is 0 Å². The van der Waals surface area contributed by atoms with E-state index in [1.165, 1.54) is 173 Å². The van der Waals surface area contributed by atoms with Gasteiger partial charge in [-0.3, -0.25) is 0 Å². The molecular formula is C84H184. The Balaban J connectivity index is -0.000000125. The molecule has 0 aromatic heterocycles. The third-order valence-electron chi connectivity index (χ3n) is 22.2. The molecule has 0 bridgehead atoms. The molecule has 0 aromatic carbocycles. The maximum atomic E-state index is 2.36. The summed E-state index contributed by atoms with van der Waals surface area (Å²) in [6, 6.07) is 0. The molecule has 0 spiro atoms. The van der Waals surface area contributed by atoms with Crippen molar-refractivity contribution in [3.8, 4) is 0 Å². The molecule has 0 N–H and O–H groups in total. The fraction of sp³-hybridized carbons (Fsp3) is 1.00. The van der Waals surface area contributed by atoms with Gasteiger partial charge in [-0.1, -0.05) is 424 Å². The van der Waals surface area contributed by atoms with E-state index in [0.717, 1.165) is 76.9 Å². The second kappa shape index (κ2) is 60.6.